The minimum absolute atomic E-state index is 0. The molecule has 0 saturated carbocycles. The Morgan fingerprint density at radius 1 is 0.620 bits per heavy atom. The number of rotatable bonds is 9. The van der Waals surface area contributed by atoms with E-state index in [9.17, 15) is 4.79 Å². The van der Waals surface area contributed by atoms with Gasteiger partial charge in [-0.3, -0.25) is 4.98 Å². The Bertz CT molecular complexity index is 1900. The van der Waals surface area contributed by atoms with E-state index in [1.165, 1.54) is 33.1 Å². The molecule has 0 radical (unpaired) electrons. The first-order chi connectivity index (χ1) is 24.2. The summed E-state index contributed by atoms with van der Waals surface area (Å²) in [6.45, 7) is 0. The molecule has 3 nitrogen and oxygen atoms in total. The summed E-state index contributed by atoms with van der Waals surface area (Å²) >= 11 is 0. The van der Waals surface area contributed by atoms with Gasteiger partial charge in [0.25, 0.3) is 0 Å². The topological polar surface area (TPSA) is 50.2 Å². The van der Waals surface area contributed by atoms with Gasteiger partial charge >= 0.3 is 26.1 Å². The molecule has 1 aromatic heterocycles. The first kappa shape index (κ1) is 38.3. The van der Waals surface area contributed by atoms with Crippen LogP contribution in [0.3, 0.4) is 0 Å². The van der Waals surface area contributed by atoms with Crippen LogP contribution in [0.1, 0.15) is 21.6 Å². The van der Waals surface area contributed by atoms with Crippen LogP contribution in [-0.2, 0) is 32.4 Å². The molecule has 0 amide bonds. The molecule has 7 aromatic rings. The number of aromatic carboxylic acids is 1. The van der Waals surface area contributed by atoms with Gasteiger partial charge in [-0.2, -0.15) is 66.2 Å². The molecule has 0 spiro atoms. The summed E-state index contributed by atoms with van der Waals surface area (Å²) < 4.78 is 0. The van der Waals surface area contributed by atoms with Crippen LogP contribution < -0.4 is 15.9 Å². The van der Waals surface area contributed by atoms with E-state index in [0.29, 0.717) is 5.69 Å². The zero-order valence-electron chi connectivity index (χ0n) is 27.4. The first-order valence-corrected chi connectivity index (χ1v) is 18.9. The van der Waals surface area contributed by atoms with Crippen LogP contribution in [0.5, 0.6) is 0 Å². The average molecular weight is 866 g/mol. The number of nitrogens with zero attached hydrogens (tertiary/aromatic N) is 1. The van der Waals surface area contributed by atoms with Gasteiger partial charge in [-0.05, 0) is 47.5 Å². The van der Waals surface area contributed by atoms with Crippen molar-refractivity contribution < 1.29 is 30.0 Å². The molecule has 1 unspecified atom stereocenters. The second kappa shape index (κ2) is 21.5. The van der Waals surface area contributed by atoms with E-state index < -0.39 is 13.9 Å². The normalized spacial score (nSPS) is 10.3. The van der Waals surface area contributed by atoms with E-state index in [0.717, 1.165) is 26.5 Å². The van der Waals surface area contributed by atoms with Crippen molar-refractivity contribution in [2.45, 2.75) is 12.3 Å². The van der Waals surface area contributed by atoms with Gasteiger partial charge in [-0.25, -0.2) is 4.79 Å². The van der Waals surface area contributed by atoms with Gasteiger partial charge in [-0.15, -0.1) is 41.5 Å². The Morgan fingerprint density at radius 2 is 1.18 bits per heavy atom. The maximum atomic E-state index is 10.7. The van der Waals surface area contributed by atoms with Crippen LogP contribution in [-0.4, -0.2) is 16.1 Å². The minimum atomic E-state index is -1.02. The Balaban J connectivity index is 0.000000212. The number of carboxylic acids is 1. The molecule has 1 atom stereocenters. The van der Waals surface area contributed by atoms with E-state index >= 15 is 0 Å². The van der Waals surface area contributed by atoms with Gasteiger partial charge < -0.3 is 5.11 Å². The summed E-state index contributed by atoms with van der Waals surface area (Å²) in [6.07, 6.45) is 2.14. The van der Waals surface area contributed by atoms with Crippen LogP contribution in [0.25, 0.3) is 11.3 Å². The van der Waals surface area contributed by atoms with Crippen molar-refractivity contribution in [3.8, 4) is 11.3 Å². The molecule has 0 aliphatic heterocycles. The standard InChI is InChI=1S/C26H23P2.C12H8NO2.C6H5.Ir/c1-4-13-24(14-5-1)27-20-22-11-10-12-23(19-22)21-28(25-15-6-2-7-16-25)26-17-8-3-9-18-26;14-12(15)11-8-4-7-10(13-11)9-5-2-1-3-6-9;1-2-4-6-5-3-1;/h1-18,27H,20-21H2;1-5,7-8H,(H,14,15);1-5H;/q3*-1;+3/p+1. The van der Waals surface area contributed by atoms with Crippen molar-refractivity contribution in [2.24, 2.45) is 0 Å². The SMILES string of the molecule is O=C(O)c1cccc(-c2[c-]cccc2)n1.[Ir+3].[c-]1c(CPc2ccccc2)cccc1C[PH+](c1ccccc1)c1ccccc1.[c-]1ccccc1. The van der Waals surface area contributed by atoms with Crippen LogP contribution in [0.4, 0.5) is 0 Å². The average Bonchev–Trinajstić information content (AvgIpc) is 3.19. The van der Waals surface area contributed by atoms with Gasteiger partial charge in [0.2, 0.25) is 0 Å². The third kappa shape index (κ3) is 12.7. The van der Waals surface area contributed by atoms with Gasteiger partial charge in [0, 0.05) is 0 Å². The predicted octanol–water partition coefficient (Wildman–Crippen LogP) is 9.09. The number of aromatic nitrogens is 1. The summed E-state index contributed by atoms with van der Waals surface area (Å²) in [5.41, 5.74) is 4.11. The Kier molecular flexibility index (Phi) is 16.5. The molecule has 0 bridgehead atoms. The summed E-state index contributed by atoms with van der Waals surface area (Å²) in [5, 5.41) is 13.1. The summed E-state index contributed by atoms with van der Waals surface area (Å²) in [7, 11) is -0.0669. The number of benzene rings is 6. The van der Waals surface area contributed by atoms with Crippen LogP contribution in [0, 0.1) is 18.2 Å². The molecule has 1 heterocycles. The fourth-order valence-electron chi connectivity index (χ4n) is 4.97. The molecule has 0 fully saturated rings. The molecule has 7 rings (SSSR count). The van der Waals surface area contributed by atoms with Crippen molar-refractivity contribution in [1.82, 2.24) is 4.98 Å². The van der Waals surface area contributed by atoms with Crippen LogP contribution in [0.2, 0.25) is 0 Å². The van der Waals surface area contributed by atoms with Gasteiger partial charge in [0.15, 0.2) is 0 Å². The van der Waals surface area contributed by atoms with Crippen molar-refractivity contribution >= 4 is 38.4 Å². The largest absolute Gasteiger partial charge is 3.00 e. The molecular formula is C44H37IrNO2P2+. The molecule has 50 heavy (non-hydrogen) atoms. The van der Waals surface area contributed by atoms with E-state index in [1.807, 2.05) is 48.5 Å². The number of carbonyl (C=O) groups is 1. The van der Waals surface area contributed by atoms with Crippen molar-refractivity contribution in [2.75, 3.05) is 0 Å². The van der Waals surface area contributed by atoms with Gasteiger partial charge in [0.05, 0.1) is 24.7 Å². The molecule has 1 N–H and O–H groups in total. The maximum Gasteiger partial charge on any atom is 3.00 e. The van der Waals surface area contributed by atoms with Crippen LogP contribution in [0.15, 0.2) is 182 Å². The predicted molar refractivity (Wildman–Crippen MR) is 208 cm³/mol. The number of carboxylic acid groups (broad SMARTS) is 1. The van der Waals surface area contributed by atoms with Crippen molar-refractivity contribution in [3.05, 3.63) is 217 Å². The van der Waals surface area contributed by atoms with E-state index in [1.54, 1.807) is 18.2 Å². The van der Waals surface area contributed by atoms with E-state index in [-0.39, 0.29) is 25.8 Å². The number of hydrogen-bond acceptors (Lipinski definition) is 2. The fourth-order valence-corrected chi connectivity index (χ4v) is 8.52. The number of pyridine rings is 1. The van der Waals surface area contributed by atoms with Crippen LogP contribution >= 0.6 is 16.5 Å². The maximum absolute atomic E-state index is 10.7. The van der Waals surface area contributed by atoms with Gasteiger partial charge in [0.1, 0.15) is 5.69 Å². The third-order valence-electron chi connectivity index (χ3n) is 7.34. The van der Waals surface area contributed by atoms with E-state index in [2.05, 4.69) is 132 Å². The molecular weight excluding hydrogens is 829 g/mol. The smallest absolute Gasteiger partial charge is 0.477 e. The summed E-state index contributed by atoms with van der Waals surface area (Å²) in [6, 6.07) is 70.8. The van der Waals surface area contributed by atoms with Crippen molar-refractivity contribution in [3.63, 3.8) is 0 Å². The Morgan fingerprint density at radius 3 is 1.74 bits per heavy atom. The fraction of sp³-hybridized carbons (Fsp3) is 0.0455. The zero-order chi connectivity index (χ0) is 33.9. The number of hydrogen-bond donors (Lipinski definition) is 1. The first-order valence-electron chi connectivity index (χ1n) is 16.0. The Labute approximate surface area is 312 Å². The molecule has 0 saturated heterocycles. The second-order valence-electron chi connectivity index (χ2n) is 10.9. The molecule has 6 heteroatoms. The monoisotopic (exact) mass is 866 g/mol. The van der Waals surface area contributed by atoms with Gasteiger partial charge in [-0.1, -0.05) is 87.4 Å². The molecule has 0 aliphatic carbocycles. The summed E-state index contributed by atoms with van der Waals surface area (Å²) in [5.74, 6) is -1.02. The summed E-state index contributed by atoms with van der Waals surface area (Å²) in [4.78, 5) is 14.7. The third-order valence-corrected chi connectivity index (χ3v) is 11.4. The Hall–Kier alpha value is -4.55. The second-order valence-corrected chi connectivity index (χ2v) is 14.6. The quantitative estimate of drug-likeness (QED) is 0.117. The molecule has 6 aromatic carbocycles. The minimum Gasteiger partial charge on any atom is -0.477 e. The van der Waals surface area contributed by atoms with E-state index in [4.69, 9.17) is 5.11 Å². The van der Waals surface area contributed by atoms with Crippen molar-refractivity contribution in [1.29, 1.82) is 0 Å². The zero-order valence-corrected chi connectivity index (χ0v) is 31.8. The molecule has 248 valence electrons. The molecule has 0 aliphatic rings.